The van der Waals surface area contributed by atoms with Crippen LogP contribution in [0.5, 0.6) is 0 Å². The second-order valence-corrected chi connectivity index (χ2v) is 13.1. The molecule has 0 bridgehead atoms. The van der Waals surface area contributed by atoms with Crippen LogP contribution in [0.4, 0.5) is 27.6 Å². The smallest absolute Gasteiger partial charge is 0.456 e. The lowest BCUT2D eigenvalue weighted by molar-refractivity contribution is -0.362. The fraction of sp³-hybridized carbons (Fsp3) is 0.486. The molecule has 240 valence electrons. The number of aliphatic hydroxyl groups is 1. The molecule has 5 atom stereocenters. The van der Waals surface area contributed by atoms with Crippen molar-refractivity contribution in [3.63, 3.8) is 0 Å². The van der Waals surface area contributed by atoms with E-state index in [-0.39, 0.29) is 24.5 Å². The van der Waals surface area contributed by atoms with Crippen LogP contribution in [0.2, 0.25) is 0 Å². The van der Waals surface area contributed by atoms with Crippen molar-refractivity contribution in [3.05, 3.63) is 88.0 Å². The number of hydrogen-bond acceptors (Lipinski definition) is 5. The lowest BCUT2D eigenvalue weighted by Crippen LogP contribution is -2.65. The molecule has 5 nitrogen and oxygen atoms in total. The number of halogens is 5. The van der Waals surface area contributed by atoms with Gasteiger partial charge in [-0.1, -0.05) is 48.9 Å². The predicted octanol–water partition coefficient (Wildman–Crippen LogP) is 7.91. The quantitative estimate of drug-likeness (QED) is 0.251. The van der Waals surface area contributed by atoms with E-state index in [1.54, 1.807) is 30.3 Å². The molecule has 45 heavy (non-hydrogen) atoms. The van der Waals surface area contributed by atoms with Crippen molar-refractivity contribution < 1.29 is 41.4 Å². The second kappa shape index (κ2) is 11.1. The minimum atomic E-state index is -5.89. The standard InChI is InChI=1S/C35H36F5NO4/c1-32-18-27(21-9-7-20(8-10-21)19-41-29-6-4-3-5-26(29)31(43)45-2)30-24-14-12-23(42)17-22(24)11-13-25(30)28(32)15-16-33(32,44)34(36,37)35(38,39)40/h3-10,17,25,27-28,41,44H,11-16,18-19H2,1-2H3/t25?,27-,28?,32+,33-/m1/s1. The Morgan fingerprint density at radius 3 is 2.42 bits per heavy atom. The van der Waals surface area contributed by atoms with Gasteiger partial charge in [0.05, 0.1) is 12.7 Å². The Hall–Kier alpha value is -3.53. The number of carbonyl (C=O) groups is 2. The van der Waals surface area contributed by atoms with Crippen molar-refractivity contribution >= 4 is 17.4 Å². The molecule has 0 heterocycles. The summed E-state index contributed by atoms with van der Waals surface area (Å²) in [5.74, 6) is -7.04. The first kappa shape index (κ1) is 31.5. The minimum absolute atomic E-state index is 0.0377. The van der Waals surface area contributed by atoms with Crippen LogP contribution < -0.4 is 5.32 Å². The third-order valence-corrected chi connectivity index (χ3v) is 11.0. The third-order valence-electron chi connectivity index (χ3n) is 11.0. The Morgan fingerprint density at radius 2 is 1.73 bits per heavy atom. The van der Waals surface area contributed by atoms with E-state index in [1.165, 1.54) is 14.0 Å². The van der Waals surface area contributed by atoms with Crippen molar-refractivity contribution in [3.8, 4) is 0 Å². The normalized spacial score (nSPS) is 29.8. The maximum absolute atomic E-state index is 15.2. The highest BCUT2D eigenvalue weighted by atomic mass is 19.4. The van der Waals surface area contributed by atoms with Gasteiger partial charge < -0.3 is 15.2 Å². The number of allylic oxidation sites excluding steroid dienone is 4. The molecule has 0 spiro atoms. The van der Waals surface area contributed by atoms with Gasteiger partial charge in [-0.15, -0.1) is 0 Å². The highest BCUT2D eigenvalue weighted by Crippen LogP contribution is 2.70. The van der Waals surface area contributed by atoms with Crippen molar-refractivity contribution in [2.45, 2.75) is 82.0 Å². The molecular formula is C35H36F5NO4. The van der Waals surface area contributed by atoms with Gasteiger partial charge >= 0.3 is 18.1 Å². The number of rotatable bonds is 6. The fourth-order valence-electron chi connectivity index (χ4n) is 8.70. The maximum Gasteiger partial charge on any atom is 0.456 e. The van der Waals surface area contributed by atoms with Crippen molar-refractivity contribution in [1.82, 2.24) is 0 Å². The van der Waals surface area contributed by atoms with E-state index in [0.717, 1.165) is 27.8 Å². The first-order valence-corrected chi connectivity index (χ1v) is 15.4. The summed E-state index contributed by atoms with van der Waals surface area (Å²) in [5.41, 5.74) is 0.652. The summed E-state index contributed by atoms with van der Waals surface area (Å²) < 4.78 is 76.7. The number of fused-ring (bicyclic) bond motifs is 4. The number of esters is 1. The van der Waals surface area contributed by atoms with Gasteiger partial charge in [0.2, 0.25) is 0 Å². The SMILES string of the molecule is COC(=O)c1ccccc1NCc1ccc([C@H]2C[C@@]3(C)C(CC[C@]3(O)C(F)(F)C(F)(F)F)C3CCC4=CC(=O)CCC4=C32)cc1. The summed E-state index contributed by atoms with van der Waals surface area (Å²) in [6.07, 6.45) is -2.92. The Morgan fingerprint density at radius 1 is 1.02 bits per heavy atom. The van der Waals surface area contributed by atoms with Gasteiger partial charge in [-0.3, -0.25) is 4.79 Å². The van der Waals surface area contributed by atoms with Gasteiger partial charge in [-0.05, 0) is 90.8 Å². The molecule has 2 unspecified atom stereocenters. The molecule has 0 amide bonds. The van der Waals surface area contributed by atoms with Crippen LogP contribution in [-0.2, 0) is 16.1 Å². The fourth-order valence-corrected chi connectivity index (χ4v) is 8.70. The van der Waals surface area contributed by atoms with Crippen LogP contribution in [-0.4, -0.2) is 41.7 Å². The number of ether oxygens (including phenoxy) is 1. The first-order valence-electron chi connectivity index (χ1n) is 15.4. The van der Waals surface area contributed by atoms with E-state index in [4.69, 9.17) is 4.74 Å². The lowest BCUT2D eigenvalue weighted by atomic mass is 9.50. The molecule has 0 radical (unpaired) electrons. The van der Waals surface area contributed by atoms with Crippen LogP contribution in [0, 0.1) is 17.3 Å². The van der Waals surface area contributed by atoms with E-state index in [9.17, 15) is 27.9 Å². The second-order valence-electron chi connectivity index (χ2n) is 13.1. The molecule has 2 fully saturated rings. The predicted molar refractivity (Wildman–Crippen MR) is 158 cm³/mol. The van der Waals surface area contributed by atoms with E-state index in [0.29, 0.717) is 43.5 Å². The van der Waals surface area contributed by atoms with E-state index in [2.05, 4.69) is 5.32 Å². The van der Waals surface area contributed by atoms with Gasteiger partial charge in [0, 0.05) is 30.0 Å². The number of anilines is 1. The van der Waals surface area contributed by atoms with E-state index >= 15 is 8.78 Å². The van der Waals surface area contributed by atoms with Gasteiger partial charge in [-0.2, -0.15) is 22.0 Å². The number of hydrogen-bond donors (Lipinski definition) is 2. The number of para-hydroxylation sites is 1. The summed E-state index contributed by atoms with van der Waals surface area (Å²) >= 11 is 0. The Labute approximate surface area is 258 Å². The topological polar surface area (TPSA) is 75.6 Å². The zero-order valence-corrected chi connectivity index (χ0v) is 25.1. The molecular weight excluding hydrogens is 593 g/mol. The van der Waals surface area contributed by atoms with E-state index < -0.39 is 47.3 Å². The molecule has 2 saturated carbocycles. The van der Waals surface area contributed by atoms with Gasteiger partial charge in [-0.25, -0.2) is 4.79 Å². The lowest BCUT2D eigenvalue weighted by Gasteiger charge is -2.56. The maximum atomic E-state index is 15.2. The molecule has 4 aliphatic rings. The molecule has 6 rings (SSSR count). The third kappa shape index (κ3) is 4.91. The Bertz CT molecular complexity index is 1580. The van der Waals surface area contributed by atoms with Crippen LogP contribution in [0.15, 0.2) is 71.3 Å². The van der Waals surface area contributed by atoms with Crippen molar-refractivity contribution in [2.24, 2.45) is 17.3 Å². The summed E-state index contributed by atoms with van der Waals surface area (Å²) in [5, 5.41) is 14.7. The average molecular weight is 630 g/mol. The molecule has 0 aromatic heterocycles. The molecule has 2 N–H and O–H groups in total. The van der Waals surface area contributed by atoms with Crippen LogP contribution in [0.3, 0.4) is 0 Å². The number of nitrogens with one attached hydrogen (secondary N) is 1. The highest BCUT2D eigenvalue weighted by molar-refractivity contribution is 5.95. The van der Waals surface area contributed by atoms with Gasteiger partial charge in [0.25, 0.3) is 0 Å². The molecule has 0 saturated heterocycles. The number of methoxy groups -OCH3 is 1. The first-order chi connectivity index (χ1) is 21.2. The van der Waals surface area contributed by atoms with Crippen molar-refractivity contribution in [2.75, 3.05) is 12.4 Å². The molecule has 0 aliphatic heterocycles. The Kier molecular flexibility index (Phi) is 7.74. The zero-order valence-electron chi connectivity index (χ0n) is 25.1. The van der Waals surface area contributed by atoms with Gasteiger partial charge in [0.15, 0.2) is 5.78 Å². The molecule has 2 aromatic carbocycles. The number of carbonyl (C=O) groups excluding carboxylic acids is 2. The monoisotopic (exact) mass is 629 g/mol. The number of benzene rings is 2. The summed E-state index contributed by atoms with van der Waals surface area (Å²) in [7, 11) is 1.31. The Balaban J connectivity index is 1.37. The minimum Gasteiger partial charge on any atom is -0.465 e. The van der Waals surface area contributed by atoms with Crippen molar-refractivity contribution in [1.29, 1.82) is 0 Å². The summed E-state index contributed by atoms with van der Waals surface area (Å²) in [6, 6.07) is 14.4. The number of ketones is 1. The van der Waals surface area contributed by atoms with Crippen LogP contribution in [0.1, 0.15) is 79.3 Å². The van der Waals surface area contributed by atoms with Crippen LogP contribution in [0.25, 0.3) is 0 Å². The van der Waals surface area contributed by atoms with E-state index in [1.807, 2.05) is 24.3 Å². The molecule has 2 aromatic rings. The molecule has 4 aliphatic carbocycles. The number of alkyl halides is 5. The largest absolute Gasteiger partial charge is 0.465 e. The highest BCUT2D eigenvalue weighted by Gasteiger charge is 2.79. The van der Waals surface area contributed by atoms with Gasteiger partial charge in [0.1, 0.15) is 5.60 Å². The molecule has 10 heteroatoms. The van der Waals surface area contributed by atoms with Crippen LogP contribution >= 0.6 is 0 Å². The zero-order chi connectivity index (χ0) is 32.4. The average Bonchev–Trinajstić information content (AvgIpc) is 3.30. The summed E-state index contributed by atoms with van der Waals surface area (Å²) in [6.45, 7) is 1.79. The summed E-state index contributed by atoms with van der Waals surface area (Å²) in [4.78, 5) is 24.4.